The van der Waals surface area contributed by atoms with Gasteiger partial charge in [0.15, 0.2) is 17.5 Å². The van der Waals surface area contributed by atoms with Crippen LogP contribution in [0.2, 0.25) is 0 Å². The molecule has 4 nitrogen and oxygen atoms in total. The molecule has 0 aliphatic carbocycles. The second-order valence-electron chi connectivity index (χ2n) is 13.8. The lowest BCUT2D eigenvalue weighted by Gasteiger charge is -2.16. The van der Waals surface area contributed by atoms with Crippen molar-refractivity contribution in [3.05, 3.63) is 206 Å². The Kier molecular flexibility index (Phi) is 8.47. The highest BCUT2D eigenvalue weighted by Crippen LogP contribution is 2.41. The third-order valence-electron chi connectivity index (χ3n) is 10.3. The van der Waals surface area contributed by atoms with Gasteiger partial charge in [-0.25, -0.2) is 19.9 Å². The molecular formula is C52H34N4. The van der Waals surface area contributed by atoms with Crippen LogP contribution >= 0.6 is 0 Å². The highest BCUT2D eigenvalue weighted by molar-refractivity contribution is 6.18. The lowest BCUT2D eigenvalue weighted by Crippen LogP contribution is -2.00. The van der Waals surface area contributed by atoms with Gasteiger partial charge < -0.3 is 0 Å². The third-order valence-corrected chi connectivity index (χ3v) is 10.3. The Morgan fingerprint density at radius 2 is 0.696 bits per heavy atom. The van der Waals surface area contributed by atoms with Gasteiger partial charge in [-0.1, -0.05) is 188 Å². The van der Waals surface area contributed by atoms with Gasteiger partial charge in [0.2, 0.25) is 0 Å². The summed E-state index contributed by atoms with van der Waals surface area (Å²) in [7, 11) is 0. The van der Waals surface area contributed by atoms with Crippen LogP contribution in [0.5, 0.6) is 0 Å². The fraction of sp³-hybridized carbons (Fsp3) is 0. The Labute approximate surface area is 325 Å². The first-order chi connectivity index (χ1) is 27.7. The standard InChI is InChI=1S/C52H34N4/c1-5-16-36(17-6-1)46-34-47(38-18-7-2-8-19-38)53-48-33-45(43-26-13-14-27-44(43)49(46)48)37-30-28-35(29-31-37)41-24-15-25-42(32-41)52-55-50(39-20-9-3-10-21-39)54-51(56-52)40-22-11-4-12-23-40/h1-34H. The number of hydrogen-bond donors (Lipinski definition) is 0. The molecule has 0 saturated carbocycles. The summed E-state index contributed by atoms with van der Waals surface area (Å²) in [6, 6.07) is 71.8. The first-order valence-electron chi connectivity index (χ1n) is 18.8. The van der Waals surface area contributed by atoms with Crippen LogP contribution in [0.25, 0.3) is 100 Å². The van der Waals surface area contributed by atoms with Gasteiger partial charge in [-0.3, -0.25) is 0 Å². The Balaban J connectivity index is 1.07. The van der Waals surface area contributed by atoms with Crippen molar-refractivity contribution in [3.8, 4) is 78.8 Å². The van der Waals surface area contributed by atoms with Crippen molar-refractivity contribution in [2.24, 2.45) is 0 Å². The summed E-state index contributed by atoms with van der Waals surface area (Å²) in [6.45, 7) is 0. The molecular weight excluding hydrogens is 681 g/mol. The molecule has 0 amide bonds. The zero-order chi connectivity index (χ0) is 37.3. The number of rotatable bonds is 7. The second-order valence-corrected chi connectivity index (χ2v) is 13.8. The molecule has 10 aromatic rings. The van der Waals surface area contributed by atoms with E-state index in [0.29, 0.717) is 17.5 Å². The average Bonchev–Trinajstić information content (AvgIpc) is 3.29. The normalized spacial score (nSPS) is 11.2. The summed E-state index contributed by atoms with van der Waals surface area (Å²) >= 11 is 0. The maximum Gasteiger partial charge on any atom is 0.164 e. The monoisotopic (exact) mass is 714 g/mol. The molecule has 2 heterocycles. The Bertz CT molecular complexity index is 2930. The van der Waals surface area contributed by atoms with Gasteiger partial charge in [-0.2, -0.15) is 0 Å². The van der Waals surface area contributed by atoms with Crippen molar-refractivity contribution in [2.75, 3.05) is 0 Å². The fourth-order valence-electron chi connectivity index (χ4n) is 7.56. The van der Waals surface area contributed by atoms with Crippen LogP contribution in [0.3, 0.4) is 0 Å². The van der Waals surface area contributed by atoms with Crippen molar-refractivity contribution in [1.82, 2.24) is 19.9 Å². The maximum absolute atomic E-state index is 5.31. The van der Waals surface area contributed by atoms with Crippen LogP contribution in [-0.4, -0.2) is 19.9 Å². The second kappa shape index (κ2) is 14.3. The van der Waals surface area contributed by atoms with Gasteiger partial charge in [0, 0.05) is 27.6 Å². The molecule has 10 rings (SSSR count). The van der Waals surface area contributed by atoms with E-state index in [2.05, 4.69) is 140 Å². The predicted octanol–water partition coefficient (Wildman–Crippen LogP) is 13.2. The third kappa shape index (κ3) is 6.29. The molecule has 0 saturated heterocycles. The predicted molar refractivity (Wildman–Crippen MR) is 231 cm³/mol. The first kappa shape index (κ1) is 33.0. The van der Waals surface area contributed by atoms with E-state index in [1.165, 1.54) is 21.9 Å². The van der Waals surface area contributed by atoms with Gasteiger partial charge in [-0.05, 0) is 62.4 Å². The molecule has 0 spiro atoms. The molecule has 0 aliphatic heterocycles. The van der Waals surface area contributed by atoms with Gasteiger partial charge in [-0.15, -0.1) is 0 Å². The van der Waals surface area contributed by atoms with Crippen molar-refractivity contribution in [3.63, 3.8) is 0 Å². The minimum absolute atomic E-state index is 0.635. The van der Waals surface area contributed by atoms with Crippen LogP contribution in [0, 0.1) is 0 Å². The molecule has 8 aromatic carbocycles. The van der Waals surface area contributed by atoms with E-state index in [1.54, 1.807) is 0 Å². The van der Waals surface area contributed by atoms with Crippen molar-refractivity contribution in [2.45, 2.75) is 0 Å². The van der Waals surface area contributed by atoms with Crippen molar-refractivity contribution < 1.29 is 0 Å². The van der Waals surface area contributed by atoms with Crippen LogP contribution in [-0.2, 0) is 0 Å². The van der Waals surface area contributed by atoms with Gasteiger partial charge in [0.25, 0.3) is 0 Å². The number of aromatic nitrogens is 4. The quantitative estimate of drug-likeness (QED) is 0.154. The lowest BCUT2D eigenvalue weighted by molar-refractivity contribution is 1.07. The first-order valence-corrected chi connectivity index (χ1v) is 18.8. The Hall–Kier alpha value is -7.56. The number of nitrogens with zero attached hydrogens (tertiary/aromatic N) is 4. The number of benzene rings is 8. The van der Waals surface area contributed by atoms with Gasteiger partial charge in [0.1, 0.15) is 0 Å². The fourth-order valence-corrected chi connectivity index (χ4v) is 7.56. The highest BCUT2D eigenvalue weighted by atomic mass is 15.0. The molecule has 262 valence electrons. The van der Waals surface area contributed by atoms with E-state index in [4.69, 9.17) is 19.9 Å². The largest absolute Gasteiger partial charge is 0.248 e. The average molecular weight is 715 g/mol. The summed E-state index contributed by atoms with van der Waals surface area (Å²) < 4.78 is 0. The minimum Gasteiger partial charge on any atom is -0.248 e. The SMILES string of the molecule is c1ccc(-c2cc(-c3ccccc3)c3c(cc(-c4ccc(-c5cccc(-c6nc(-c7ccccc7)nc(-c7ccccc7)n6)c5)cc4)c4ccccc43)n2)cc1. The molecule has 56 heavy (non-hydrogen) atoms. The Morgan fingerprint density at radius 1 is 0.250 bits per heavy atom. The summed E-state index contributed by atoms with van der Waals surface area (Å²) in [5, 5.41) is 3.54. The minimum atomic E-state index is 0.635. The molecule has 0 atom stereocenters. The zero-order valence-electron chi connectivity index (χ0n) is 30.4. The summed E-state index contributed by atoms with van der Waals surface area (Å²) in [6.07, 6.45) is 0. The topological polar surface area (TPSA) is 51.6 Å². The van der Waals surface area contributed by atoms with Gasteiger partial charge >= 0.3 is 0 Å². The molecule has 0 fully saturated rings. The number of fused-ring (bicyclic) bond motifs is 3. The highest BCUT2D eigenvalue weighted by Gasteiger charge is 2.17. The molecule has 0 bridgehead atoms. The summed E-state index contributed by atoms with van der Waals surface area (Å²) in [5.74, 6) is 1.93. The summed E-state index contributed by atoms with van der Waals surface area (Å²) in [4.78, 5) is 20.1. The lowest BCUT2D eigenvalue weighted by atomic mass is 9.90. The van der Waals surface area contributed by atoms with E-state index in [0.717, 1.165) is 61.1 Å². The van der Waals surface area contributed by atoms with E-state index in [9.17, 15) is 0 Å². The zero-order valence-corrected chi connectivity index (χ0v) is 30.4. The van der Waals surface area contributed by atoms with Gasteiger partial charge in [0.05, 0.1) is 11.2 Å². The van der Waals surface area contributed by atoms with E-state index < -0.39 is 0 Å². The summed E-state index contributed by atoms with van der Waals surface area (Å²) in [5.41, 5.74) is 12.7. The van der Waals surface area contributed by atoms with Crippen molar-refractivity contribution in [1.29, 1.82) is 0 Å². The van der Waals surface area contributed by atoms with E-state index in [1.807, 2.05) is 66.7 Å². The molecule has 2 aromatic heterocycles. The number of hydrogen-bond acceptors (Lipinski definition) is 4. The molecule has 0 radical (unpaired) electrons. The smallest absolute Gasteiger partial charge is 0.164 e. The Morgan fingerprint density at radius 3 is 1.30 bits per heavy atom. The molecule has 4 heteroatoms. The van der Waals surface area contributed by atoms with Crippen LogP contribution in [0.1, 0.15) is 0 Å². The number of pyridine rings is 1. The molecule has 0 aliphatic rings. The van der Waals surface area contributed by atoms with Crippen molar-refractivity contribution >= 4 is 21.7 Å². The molecule has 0 unspecified atom stereocenters. The van der Waals surface area contributed by atoms with Crippen LogP contribution in [0.4, 0.5) is 0 Å². The van der Waals surface area contributed by atoms with Crippen LogP contribution in [0.15, 0.2) is 206 Å². The van der Waals surface area contributed by atoms with E-state index in [-0.39, 0.29) is 0 Å². The van der Waals surface area contributed by atoms with Crippen LogP contribution < -0.4 is 0 Å². The maximum atomic E-state index is 5.31. The molecule has 0 N–H and O–H groups in total. The van der Waals surface area contributed by atoms with E-state index >= 15 is 0 Å².